The van der Waals surface area contributed by atoms with E-state index in [9.17, 15) is 4.79 Å². The van der Waals surface area contributed by atoms with Crippen molar-refractivity contribution in [2.45, 2.75) is 31.8 Å². The van der Waals surface area contributed by atoms with E-state index in [2.05, 4.69) is 5.10 Å². The first-order chi connectivity index (χ1) is 7.20. The van der Waals surface area contributed by atoms with Crippen LogP contribution in [0.4, 0.5) is 0 Å². The Morgan fingerprint density at radius 3 is 2.75 bits per heavy atom. The predicted octanol–water partition coefficient (Wildman–Crippen LogP) is -3.04. The lowest BCUT2D eigenvalue weighted by atomic mass is 10.1. The van der Waals surface area contributed by atoms with Gasteiger partial charge in [-0.3, -0.25) is 4.79 Å². The van der Waals surface area contributed by atoms with Crippen molar-refractivity contribution in [3.8, 4) is 0 Å². The third kappa shape index (κ3) is 5.77. The van der Waals surface area contributed by atoms with Crippen molar-refractivity contribution >= 4 is 5.97 Å². The normalized spacial score (nSPS) is 11.6. The Balaban J connectivity index is 0.00000225. The van der Waals surface area contributed by atoms with E-state index in [0.29, 0.717) is 6.42 Å². The highest BCUT2D eigenvalue weighted by atomic mass is 79.9. The highest BCUT2D eigenvalue weighted by Crippen LogP contribution is 1.98. The summed E-state index contributed by atoms with van der Waals surface area (Å²) >= 11 is 0. The fourth-order valence-corrected chi connectivity index (χ4v) is 1.26. The van der Waals surface area contributed by atoms with Crippen molar-refractivity contribution in [1.29, 1.82) is 0 Å². The molecule has 0 unspecified atom stereocenters. The number of rotatable bonds is 6. The van der Waals surface area contributed by atoms with Crippen molar-refractivity contribution in [2.24, 2.45) is 5.73 Å². The summed E-state index contributed by atoms with van der Waals surface area (Å²) in [5, 5.41) is 12.7. The van der Waals surface area contributed by atoms with Crippen molar-refractivity contribution < 1.29 is 31.6 Å². The molecule has 0 amide bonds. The van der Waals surface area contributed by atoms with E-state index in [4.69, 9.17) is 10.8 Å². The van der Waals surface area contributed by atoms with Gasteiger partial charge in [-0.1, -0.05) is 4.68 Å². The summed E-state index contributed by atoms with van der Waals surface area (Å²) in [7, 11) is 0. The first-order valence-corrected chi connectivity index (χ1v) is 4.99. The van der Waals surface area contributed by atoms with Crippen molar-refractivity contribution in [2.75, 3.05) is 0 Å². The Morgan fingerprint density at radius 2 is 2.19 bits per heavy atom. The van der Waals surface area contributed by atoms with Gasteiger partial charge in [0.25, 0.3) is 0 Å². The predicted molar refractivity (Wildman–Crippen MR) is 53.9 cm³/mol. The molecule has 0 aliphatic heterocycles. The molecule has 0 aromatic carbocycles. The maximum atomic E-state index is 10.4. The number of hydrogen-bond donors (Lipinski definition) is 2. The molecule has 0 radical (unpaired) electrons. The topological polar surface area (TPSA) is 80.1 Å². The van der Waals surface area contributed by atoms with Crippen LogP contribution in [0.3, 0.4) is 0 Å². The number of nitrogens with zero attached hydrogens (tertiary/aromatic N) is 2. The Labute approximate surface area is 105 Å². The van der Waals surface area contributed by atoms with Gasteiger partial charge in [-0.25, -0.2) is 0 Å². The van der Waals surface area contributed by atoms with Gasteiger partial charge in [0.05, 0.1) is 6.20 Å². The fourth-order valence-electron chi connectivity index (χ4n) is 1.26. The first kappa shape index (κ1) is 15.0. The number of aliphatic carboxylic acids is 1. The van der Waals surface area contributed by atoms with E-state index in [0.717, 1.165) is 19.4 Å². The van der Waals surface area contributed by atoms with Gasteiger partial charge in [0.15, 0.2) is 12.7 Å². The standard InChI is InChI=1S/C10H15N3O2.BrH/c11-9(10(14)15)5-1-3-7-13-8-4-2-6-12-13;/h2,4,6,8-9H,1,3,5,7,11H2;1H/t9-;/m0./s1. The van der Waals surface area contributed by atoms with E-state index in [1.165, 1.54) is 0 Å². The van der Waals surface area contributed by atoms with Gasteiger partial charge in [0, 0.05) is 12.5 Å². The maximum Gasteiger partial charge on any atom is 0.320 e. The molecule has 3 N–H and O–H groups in total. The molecule has 6 heteroatoms. The zero-order valence-electron chi connectivity index (χ0n) is 8.92. The Morgan fingerprint density at radius 1 is 1.44 bits per heavy atom. The number of aryl methyl sites for hydroxylation is 1. The van der Waals surface area contributed by atoms with Crippen LogP contribution in [-0.2, 0) is 11.3 Å². The molecule has 0 aliphatic rings. The number of halogens is 1. The second-order valence-electron chi connectivity index (χ2n) is 3.40. The zero-order valence-corrected chi connectivity index (χ0v) is 10.5. The lowest BCUT2D eigenvalue weighted by Crippen LogP contribution is -3.00. The molecule has 1 heterocycles. The van der Waals surface area contributed by atoms with Crippen molar-refractivity contribution in [1.82, 2.24) is 5.10 Å². The van der Waals surface area contributed by atoms with Crippen LogP contribution < -0.4 is 27.4 Å². The largest absolute Gasteiger partial charge is 1.00 e. The monoisotopic (exact) mass is 289 g/mol. The molecule has 0 spiro atoms. The molecular weight excluding hydrogens is 274 g/mol. The van der Waals surface area contributed by atoms with Crippen molar-refractivity contribution in [3.63, 3.8) is 0 Å². The average Bonchev–Trinajstić information content (AvgIpc) is 2.25. The summed E-state index contributed by atoms with van der Waals surface area (Å²) in [5.41, 5.74) is 5.37. The minimum Gasteiger partial charge on any atom is -1.00 e. The Kier molecular flexibility index (Phi) is 7.66. The highest BCUT2D eigenvalue weighted by Gasteiger charge is 2.10. The van der Waals surface area contributed by atoms with Crippen LogP contribution in [0.2, 0.25) is 0 Å². The van der Waals surface area contributed by atoms with E-state index < -0.39 is 12.0 Å². The van der Waals surface area contributed by atoms with Crippen LogP contribution in [0.15, 0.2) is 24.5 Å². The Hall–Kier alpha value is -1.01. The molecule has 16 heavy (non-hydrogen) atoms. The lowest BCUT2D eigenvalue weighted by Gasteiger charge is -2.03. The molecule has 5 nitrogen and oxygen atoms in total. The fraction of sp³-hybridized carbons (Fsp3) is 0.500. The van der Waals surface area contributed by atoms with E-state index in [1.54, 1.807) is 6.20 Å². The van der Waals surface area contributed by atoms with Gasteiger partial charge in [-0.15, -0.1) is 0 Å². The van der Waals surface area contributed by atoms with Gasteiger partial charge in [0.2, 0.25) is 0 Å². The molecule has 0 aliphatic carbocycles. The molecule has 1 aromatic rings. The second kappa shape index (κ2) is 8.18. The summed E-state index contributed by atoms with van der Waals surface area (Å²) in [6, 6.07) is 3.03. The third-order valence-electron chi connectivity index (χ3n) is 2.14. The molecule has 1 aromatic heterocycles. The summed E-state index contributed by atoms with van der Waals surface area (Å²) in [4.78, 5) is 10.4. The minimum atomic E-state index is -0.930. The van der Waals surface area contributed by atoms with Gasteiger partial charge in [-0.05, 0) is 24.0 Å². The van der Waals surface area contributed by atoms with Crippen LogP contribution in [0.25, 0.3) is 0 Å². The van der Waals surface area contributed by atoms with Gasteiger partial charge < -0.3 is 27.8 Å². The minimum absolute atomic E-state index is 0. The SMILES string of the molecule is N[C@@H](CCCC[n+]1ccccn1)C(=O)O.[Br-]. The van der Waals surface area contributed by atoms with Gasteiger partial charge in [-0.2, -0.15) is 0 Å². The smallest absolute Gasteiger partial charge is 0.320 e. The van der Waals surface area contributed by atoms with Gasteiger partial charge in [0.1, 0.15) is 6.04 Å². The van der Waals surface area contributed by atoms with E-state index >= 15 is 0 Å². The zero-order chi connectivity index (χ0) is 11.1. The number of nitrogens with two attached hydrogens (primary N) is 1. The summed E-state index contributed by atoms with van der Waals surface area (Å²) in [5.74, 6) is -0.930. The quantitative estimate of drug-likeness (QED) is 0.431. The summed E-state index contributed by atoms with van der Waals surface area (Å²) in [6.45, 7) is 0.799. The van der Waals surface area contributed by atoms with E-state index in [-0.39, 0.29) is 17.0 Å². The number of carboxylic acids is 1. The maximum absolute atomic E-state index is 10.4. The highest BCUT2D eigenvalue weighted by molar-refractivity contribution is 5.72. The number of carboxylic acid groups (broad SMARTS) is 1. The van der Waals surface area contributed by atoms with Crippen LogP contribution in [0.5, 0.6) is 0 Å². The van der Waals surface area contributed by atoms with Crippen LogP contribution in [0, 0.1) is 0 Å². The molecular formula is C10H16BrN3O2. The average molecular weight is 290 g/mol. The Bertz CT molecular complexity index is 308. The van der Waals surface area contributed by atoms with E-state index in [1.807, 2.05) is 23.0 Å². The summed E-state index contributed by atoms with van der Waals surface area (Å²) in [6.07, 6.45) is 5.82. The number of hydrogen-bond acceptors (Lipinski definition) is 3. The number of aromatic nitrogens is 2. The lowest BCUT2D eigenvalue weighted by molar-refractivity contribution is -0.754. The number of carbonyl (C=O) groups is 1. The third-order valence-corrected chi connectivity index (χ3v) is 2.14. The van der Waals surface area contributed by atoms with Crippen molar-refractivity contribution in [3.05, 3.63) is 24.5 Å². The van der Waals surface area contributed by atoms with Crippen LogP contribution in [0.1, 0.15) is 19.3 Å². The summed E-state index contributed by atoms with van der Waals surface area (Å²) < 4.78 is 1.83. The van der Waals surface area contributed by atoms with Gasteiger partial charge >= 0.3 is 5.97 Å². The van der Waals surface area contributed by atoms with Crippen LogP contribution >= 0.6 is 0 Å². The first-order valence-electron chi connectivity index (χ1n) is 4.99. The molecule has 90 valence electrons. The molecule has 1 rings (SSSR count). The molecule has 0 saturated heterocycles. The number of unbranched alkanes of at least 4 members (excludes halogenated alkanes) is 1. The molecule has 1 atom stereocenters. The molecule has 0 saturated carbocycles. The molecule has 0 bridgehead atoms. The molecule has 0 fully saturated rings. The van der Waals surface area contributed by atoms with Crippen LogP contribution in [-0.4, -0.2) is 22.2 Å². The second-order valence-corrected chi connectivity index (χ2v) is 3.40.